The van der Waals surface area contributed by atoms with Crippen molar-refractivity contribution in [3.63, 3.8) is 0 Å². The number of ketones is 1. The van der Waals surface area contributed by atoms with Gasteiger partial charge in [0.1, 0.15) is 11.5 Å². The second-order valence-corrected chi connectivity index (χ2v) is 3.94. The standard InChI is InChI=1S/C13H15NO5/c1-8(15)3-4-9-7-10(19-13(17)18-2)5-6-11(9)12(14)16/h5-7H,3-4H2,1-2H3,(H2,14,16). The quantitative estimate of drug-likeness (QED) is 0.642. The van der Waals surface area contributed by atoms with Crippen LogP contribution in [0.15, 0.2) is 18.2 Å². The van der Waals surface area contributed by atoms with E-state index in [9.17, 15) is 14.4 Å². The van der Waals surface area contributed by atoms with Crippen molar-refractivity contribution in [2.24, 2.45) is 5.73 Å². The SMILES string of the molecule is COC(=O)Oc1ccc(C(N)=O)c(CCC(C)=O)c1. The first-order chi connectivity index (χ1) is 8.93. The van der Waals surface area contributed by atoms with Crippen molar-refractivity contribution in [3.05, 3.63) is 29.3 Å². The highest BCUT2D eigenvalue weighted by Crippen LogP contribution is 2.20. The number of nitrogens with two attached hydrogens (primary N) is 1. The molecule has 1 rings (SSSR count). The fourth-order valence-electron chi connectivity index (χ4n) is 1.53. The Morgan fingerprint density at radius 1 is 1.26 bits per heavy atom. The van der Waals surface area contributed by atoms with E-state index in [1.165, 1.54) is 32.2 Å². The summed E-state index contributed by atoms with van der Waals surface area (Å²) in [6.07, 6.45) is -0.224. The Morgan fingerprint density at radius 2 is 1.95 bits per heavy atom. The van der Waals surface area contributed by atoms with E-state index in [1.54, 1.807) is 0 Å². The van der Waals surface area contributed by atoms with Crippen molar-refractivity contribution in [2.75, 3.05) is 7.11 Å². The molecule has 0 saturated heterocycles. The molecule has 19 heavy (non-hydrogen) atoms. The topological polar surface area (TPSA) is 95.7 Å². The van der Waals surface area contributed by atoms with E-state index in [4.69, 9.17) is 10.5 Å². The maximum absolute atomic E-state index is 11.3. The molecular formula is C13H15NO5. The van der Waals surface area contributed by atoms with E-state index in [0.717, 1.165) is 0 Å². The summed E-state index contributed by atoms with van der Waals surface area (Å²) < 4.78 is 9.21. The van der Waals surface area contributed by atoms with Crippen LogP contribution >= 0.6 is 0 Å². The van der Waals surface area contributed by atoms with E-state index in [-0.39, 0.29) is 18.0 Å². The number of Topliss-reactive ketones (excluding diaryl/α,β-unsaturated/α-hetero) is 1. The third-order valence-electron chi connectivity index (χ3n) is 2.46. The molecule has 1 aromatic rings. The van der Waals surface area contributed by atoms with Crippen LogP contribution < -0.4 is 10.5 Å². The highest BCUT2D eigenvalue weighted by Gasteiger charge is 2.12. The van der Waals surface area contributed by atoms with E-state index in [1.807, 2.05) is 0 Å². The summed E-state index contributed by atoms with van der Waals surface area (Å²) in [5.74, 6) is -0.367. The van der Waals surface area contributed by atoms with Crippen LogP contribution in [0.5, 0.6) is 5.75 Å². The number of amides is 1. The molecule has 0 aliphatic carbocycles. The number of hydrogen-bond acceptors (Lipinski definition) is 5. The second kappa shape index (κ2) is 6.53. The molecular weight excluding hydrogens is 250 g/mol. The second-order valence-electron chi connectivity index (χ2n) is 3.94. The zero-order valence-corrected chi connectivity index (χ0v) is 10.8. The Kier molecular flexibility index (Phi) is 5.05. The molecule has 0 aliphatic rings. The number of carbonyl (C=O) groups excluding carboxylic acids is 3. The first kappa shape index (κ1) is 14.7. The Morgan fingerprint density at radius 3 is 2.47 bits per heavy atom. The normalized spacial score (nSPS) is 9.79. The molecule has 0 fully saturated rings. The van der Waals surface area contributed by atoms with Crippen molar-refractivity contribution in [1.29, 1.82) is 0 Å². The minimum Gasteiger partial charge on any atom is -0.437 e. The molecule has 0 atom stereocenters. The van der Waals surface area contributed by atoms with Crippen LogP contribution in [0.1, 0.15) is 29.3 Å². The molecule has 0 unspecified atom stereocenters. The number of carbonyl (C=O) groups is 3. The zero-order valence-electron chi connectivity index (χ0n) is 10.8. The molecule has 0 aromatic heterocycles. The number of aryl methyl sites for hydroxylation is 1. The third kappa shape index (κ3) is 4.42. The van der Waals surface area contributed by atoms with Crippen LogP contribution in [0.3, 0.4) is 0 Å². The summed E-state index contributed by atoms with van der Waals surface area (Å²) in [6, 6.07) is 4.39. The molecule has 1 amide bonds. The lowest BCUT2D eigenvalue weighted by Gasteiger charge is -2.09. The summed E-state index contributed by atoms with van der Waals surface area (Å²) in [4.78, 5) is 33.2. The van der Waals surface area contributed by atoms with Crippen LogP contribution in [0.25, 0.3) is 0 Å². The first-order valence-corrected chi connectivity index (χ1v) is 5.62. The summed E-state index contributed by atoms with van der Waals surface area (Å²) in [7, 11) is 1.19. The summed E-state index contributed by atoms with van der Waals surface area (Å²) in [6.45, 7) is 1.46. The van der Waals surface area contributed by atoms with Gasteiger partial charge >= 0.3 is 6.16 Å². The molecule has 6 heteroatoms. The molecule has 6 nitrogen and oxygen atoms in total. The molecule has 1 aromatic carbocycles. The van der Waals surface area contributed by atoms with Gasteiger partial charge in [0.25, 0.3) is 0 Å². The van der Waals surface area contributed by atoms with Crippen molar-refractivity contribution in [2.45, 2.75) is 19.8 Å². The number of hydrogen-bond donors (Lipinski definition) is 1. The van der Waals surface area contributed by atoms with Gasteiger partial charge in [-0.1, -0.05) is 0 Å². The summed E-state index contributed by atoms with van der Waals surface area (Å²) >= 11 is 0. The van der Waals surface area contributed by atoms with E-state index in [0.29, 0.717) is 17.5 Å². The van der Waals surface area contributed by atoms with Crippen molar-refractivity contribution in [3.8, 4) is 5.75 Å². The molecule has 0 saturated carbocycles. The average Bonchev–Trinajstić information content (AvgIpc) is 2.36. The predicted molar refractivity (Wildman–Crippen MR) is 67.0 cm³/mol. The van der Waals surface area contributed by atoms with Gasteiger partial charge in [-0.3, -0.25) is 4.79 Å². The molecule has 0 radical (unpaired) electrons. The average molecular weight is 265 g/mol. The number of rotatable bonds is 5. The minimum atomic E-state index is -0.857. The van der Waals surface area contributed by atoms with Crippen LogP contribution in [-0.2, 0) is 16.0 Å². The number of benzene rings is 1. The lowest BCUT2D eigenvalue weighted by atomic mass is 10.0. The van der Waals surface area contributed by atoms with Crippen LogP contribution in [0.2, 0.25) is 0 Å². The van der Waals surface area contributed by atoms with Gasteiger partial charge in [0.2, 0.25) is 5.91 Å². The monoisotopic (exact) mass is 265 g/mol. The van der Waals surface area contributed by atoms with Gasteiger partial charge < -0.3 is 20.0 Å². The zero-order chi connectivity index (χ0) is 14.4. The smallest absolute Gasteiger partial charge is 0.437 e. The highest BCUT2D eigenvalue weighted by atomic mass is 16.7. The van der Waals surface area contributed by atoms with E-state index < -0.39 is 12.1 Å². The van der Waals surface area contributed by atoms with Crippen molar-refractivity contribution >= 4 is 17.8 Å². The number of methoxy groups -OCH3 is 1. The van der Waals surface area contributed by atoms with Gasteiger partial charge in [0, 0.05) is 12.0 Å². The maximum atomic E-state index is 11.3. The van der Waals surface area contributed by atoms with Crippen molar-refractivity contribution < 1.29 is 23.9 Å². The Labute approximate surface area is 110 Å². The molecule has 102 valence electrons. The summed E-state index contributed by atoms with van der Waals surface area (Å²) in [5, 5.41) is 0. The van der Waals surface area contributed by atoms with Gasteiger partial charge in [-0.15, -0.1) is 0 Å². The molecule has 0 heterocycles. The van der Waals surface area contributed by atoms with Crippen LogP contribution in [0, 0.1) is 0 Å². The van der Waals surface area contributed by atoms with E-state index >= 15 is 0 Å². The Balaban J connectivity index is 3.00. The number of ether oxygens (including phenoxy) is 2. The van der Waals surface area contributed by atoms with Gasteiger partial charge in [0.05, 0.1) is 7.11 Å². The predicted octanol–water partition coefficient (Wildman–Crippen LogP) is 1.45. The summed E-state index contributed by atoms with van der Waals surface area (Å²) in [5.41, 5.74) is 6.11. The lowest BCUT2D eigenvalue weighted by molar-refractivity contribution is -0.116. The molecule has 0 aliphatic heterocycles. The third-order valence-corrected chi connectivity index (χ3v) is 2.46. The van der Waals surface area contributed by atoms with Crippen molar-refractivity contribution in [1.82, 2.24) is 0 Å². The van der Waals surface area contributed by atoms with E-state index in [2.05, 4.69) is 4.74 Å². The largest absolute Gasteiger partial charge is 0.513 e. The highest BCUT2D eigenvalue weighted by molar-refractivity contribution is 5.94. The fraction of sp³-hybridized carbons (Fsp3) is 0.308. The fourth-order valence-corrected chi connectivity index (χ4v) is 1.53. The molecule has 0 bridgehead atoms. The van der Waals surface area contributed by atoms with Gasteiger partial charge in [-0.05, 0) is 37.1 Å². The van der Waals surface area contributed by atoms with Gasteiger partial charge in [-0.2, -0.15) is 0 Å². The minimum absolute atomic E-state index is 0.00490. The first-order valence-electron chi connectivity index (χ1n) is 5.62. The lowest BCUT2D eigenvalue weighted by Crippen LogP contribution is -2.15. The van der Waals surface area contributed by atoms with Gasteiger partial charge in [0.15, 0.2) is 0 Å². The molecule has 2 N–H and O–H groups in total. The van der Waals surface area contributed by atoms with Crippen LogP contribution in [0.4, 0.5) is 4.79 Å². The maximum Gasteiger partial charge on any atom is 0.513 e. The number of primary amides is 1. The molecule has 0 spiro atoms. The van der Waals surface area contributed by atoms with Crippen LogP contribution in [-0.4, -0.2) is 25.0 Å². The Hall–Kier alpha value is -2.37. The van der Waals surface area contributed by atoms with Gasteiger partial charge in [-0.25, -0.2) is 4.79 Å². The Bertz CT molecular complexity index is 510.